The van der Waals surface area contributed by atoms with Crippen LogP contribution in [0.5, 0.6) is 0 Å². The summed E-state index contributed by atoms with van der Waals surface area (Å²) < 4.78 is 5.08. The monoisotopic (exact) mass is 955 g/mol. The van der Waals surface area contributed by atoms with E-state index in [2.05, 4.69) is 266 Å². The second-order valence-electron chi connectivity index (χ2n) is 27.2. The molecule has 0 atom stereocenters. The molecule has 0 radical (unpaired) electrons. The molecule has 0 amide bonds. The van der Waals surface area contributed by atoms with E-state index in [-0.39, 0.29) is 32.5 Å². The van der Waals surface area contributed by atoms with Crippen LogP contribution in [0.25, 0.3) is 83.5 Å². The first-order chi connectivity index (χ1) is 34.2. The third-order valence-corrected chi connectivity index (χ3v) is 17.4. The molecule has 0 saturated carbocycles. The largest absolute Gasteiger partial charge is 0.313 e. The minimum atomic E-state index is -0.189. The molecule has 2 aromatic heterocycles. The molecule has 9 aromatic rings. The van der Waals surface area contributed by atoms with Gasteiger partial charge in [-0.1, -0.05) is 178 Å². The molecule has 2 nitrogen and oxygen atoms in total. The predicted octanol–water partition coefficient (Wildman–Crippen LogP) is 19.4. The van der Waals surface area contributed by atoms with Gasteiger partial charge in [0.2, 0.25) is 0 Å². The van der Waals surface area contributed by atoms with Crippen LogP contribution in [-0.2, 0) is 33.5 Å². The Bertz CT molecular complexity index is 3820. The zero-order valence-corrected chi connectivity index (χ0v) is 46.5. The maximum absolute atomic E-state index is 2.57. The van der Waals surface area contributed by atoms with Crippen LogP contribution in [0.15, 0.2) is 145 Å². The van der Waals surface area contributed by atoms with Crippen LogP contribution in [0.2, 0.25) is 0 Å². The lowest BCUT2D eigenvalue weighted by Gasteiger charge is -2.24. The van der Waals surface area contributed by atoms with E-state index in [1.807, 2.05) is 0 Å². The normalized spacial score (nSPS) is 15.9. The van der Waals surface area contributed by atoms with Gasteiger partial charge >= 0.3 is 0 Å². The van der Waals surface area contributed by atoms with Crippen LogP contribution >= 0.6 is 0 Å². The Morgan fingerprint density at radius 1 is 0.384 bits per heavy atom. The van der Waals surface area contributed by atoms with E-state index in [9.17, 15) is 0 Å². The first-order valence-corrected chi connectivity index (χ1v) is 27.0. The summed E-state index contributed by atoms with van der Waals surface area (Å²) in [5, 5.41) is 3.99. The molecule has 0 aliphatic heterocycles. The summed E-state index contributed by atoms with van der Waals surface area (Å²) in [6.45, 7) is 37.6. The number of allylic oxidation sites excluding steroid dienone is 3. The average Bonchev–Trinajstić information content (AvgIpc) is 3.89. The van der Waals surface area contributed by atoms with Gasteiger partial charge in [0.25, 0.3) is 0 Å². The summed E-state index contributed by atoms with van der Waals surface area (Å²) in [7, 11) is 0. The highest BCUT2D eigenvalue weighted by molar-refractivity contribution is 6.10. The fourth-order valence-corrected chi connectivity index (χ4v) is 12.8. The molecular weight excluding hydrogens is 881 g/mol. The van der Waals surface area contributed by atoms with Crippen LogP contribution in [-0.4, -0.2) is 9.13 Å². The molecule has 12 rings (SSSR count). The second-order valence-corrected chi connectivity index (χ2v) is 27.2. The van der Waals surface area contributed by atoms with Gasteiger partial charge < -0.3 is 9.13 Å². The lowest BCUT2D eigenvalue weighted by atomic mass is 9.80. The Morgan fingerprint density at radius 3 is 1.19 bits per heavy atom. The number of fused-ring (bicyclic) bond motifs is 12. The van der Waals surface area contributed by atoms with Crippen molar-refractivity contribution in [3.8, 4) is 44.8 Å². The number of hydrogen-bond donors (Lipinski definition) is 0. The number of benzene rings is 7. The second kappa shape index (κ2) is 15.5. The van der Waals surface area contributed by atoms with E-state index in [4.69, 9.17) is 0 Å². The van der Waals surface area contributed by atoms with Crippen LogP contribution < -0.4 is 0 Å². The van der Waals surface area contributed by atoms with Gasteiger partial charge in [-0.15, -0.1) is 0 Å². The first kappa shape index (κ1) is 47.4. The fourth-order valence-electron chi connectivity index (χ4n) is 12.8. The van der Waals surface area contributed by atoms with Crippen molar-refractivity contribution in [2.75, 3.05) is 0 Å². The minimum absolute atomic E-state index is 0.0471. The van der Waals surface area contributed by atoms with Gasteiger partial charge in [0, 0.05) is 56.0 Å². The zero-order valence-electron chi connectivity index (χ0n) is 46.5. The average molecular weight is 955 g/mol. The fraction of sp³-hybridized carbons (Fsp3) is 0.324. The molecule has 0 spiro atoms. The summed E-state index contributed by atoms with van der Waals surface area (Å²) >= 11 is 0. The van der Waals surface area contributed by atoms with Gasteiger partial charge in [-0.25, -0.2) is 0 Å². The van der Waals surface area contributed by atoms with E-state index in [0.29, 0.717) is 0 Å². The van der Waals surface area contributed by atoms with Crippen molar-refractivity contribution in [1.82, 2.24) is 9.13 Å². The Labute approximate surface area is 435 Å². The predicted molar refractivity (Wildman–Crippen MR) is 315 cm³/mol. The number of nitrogens with zero attached hydrogens (tertiary/aromatic N) is 2. The molecule has 0 N–H and O–H groups in total. The third kappa shape index (κ3) is 7.24. The van der Waals surface area contributed by atoms with Gasteiger partial charge in [-0.3, -0.25) is 0 Å². The quantitative estimate of drug-likeness (QED) is 0.167. The summed E-state index contributed by atoms with van der Waals surface area (Å²) in [5.41, 5.74) is 27.8. The van der Waals surface area contributed by atoms with Crippen molar-refractivity contribution in [2.24, 2.45) is 5.41 Å². The number of rotatable bonds is 3. The van der Waals surface area contributed by atoms with Gasteiger partial charge in [-0.2, -0.15) is 0 Å². The van der Waals surface area contributed by atoms with Crippen LogP contribution in [0.1, 0.15) is 161 Å². The minimum Gasteiger partial charge on any atom is -0.313 e. The van der Waals surface area contributed by atoms with Gasteiger partial charge in [-0.05, 0) is 178 Å². The third-order valence-electron chi connectivity index (χ3n) is 17.4. The van der Waals surface area contributed by atoms with Crippen molar-refractivity contribution < 1.29 is 0 Å². The SMILES string of the molecule is CC(C)(C)C1=Cc2c(n(-c3ccc4c(c3)C(C)(C)c3cc(-c5ccc6c(c5)C(C)(C)c5cc(-n7c8ccc(C(C)(C)C)cc8c8cc(C(C)(C)C)ccc87)ccc5-6)ccc3-4)c3ccc(C(C)(C)C)cc23)CC=C1. The molecule has 0 unspecified atom stereocenters. The van der Waals surface area contributed by atoms with Crippen molar-refractivity contribution in [2.45, 2.75) is 144 Å². The molecule has 7 aromatic carbocycles. The maximum Gasteiger partial charge on any atom is 0.0541 e. The summed E-state index contributed by atoms with van der Waals surface area (Å²) in [6, 6.07) is 50.5. The van der Waals surface area contributed by atoms with Crippen LogP contribution in [0.4, 0.5) is 0 Å². The molecule has 2 heterocycles. The van der Waals surface area contributed by atoms with E-state index in [0.717, 1.165) is 6.42 Å². The highest BCUT2D eigenvalue weighted by Gasteiger charge is 2.39. The lowest BCUT2D eigenvalue weighted by molar-refractivity contribution is 0.520. The Balaban J connectivity index is 0.911. The van der Waals surface area contributed by atoms with Gasteiger partial charge in [0.1, 0.15) is 0 Å². The van der Waals surface area contributed by atoms with Crippen molar-refractivity contribution in [3.63, 3.8) is 0 Å². The van der Waals surface area contributed by atoms with E-state index in [1.165, 1.54) is 133 Å². The Morgan fingerprint density at radius 2 is 0.767 bits per heavy atom. The molecule has 0 fully saturated rings. The molecule has 73 heavy (non-hydrogen) atoms. The topological polar surface area (TPSA) is 9.86 Å². The van der Waals surface area contributed by atoms with Crippen LogP contribution in [0.3, 0.4) is 0 Å². The zero-order chi connectivity index (χ0) is 51.7. The van der Waals surface area contributed by atoms with E-state index >= 15 is 0 Å². The molecule has 0 saturated heterocycles. The summed E-state index contributed by atoms with van der Waals surface area (Å²) in [4.78, 5) is 0. The van der Waals surface area contributed by atoms with Crippen molar-refractivity contribution in [3.05, 3.63) is 195 Å². The number of aromatic nitrogens is 2. The van der Waals surface area contributed by atoms with Crippen LogP contribution in [0, 0.1) is 5.41 Å². The Kier molecular flexibility index (Phi) is 10.0. The molecule has 0 bridgehead atoms. The van der Waals surface area contributed by atoms with Crippen molar-refractivity contribution in [1.29, 1.82) is 0 Å². The van der Waals surface area contributed by atoms with E-state index < -0.39 is 0 Å². The lowest BCUT2D eigenvalue weighted by Crippen LogP contribution is -2.16. The smallest absolute Gasteiger partial charge is 0.0541 e. The van der Waals surface area contributed by atoms with Crippen molar-refractivity contribution >= 4 is 38.8 Å². The highest BCUT2D eigenvalue weighted by Crippen LogP contribution is 2.54. The first-order valence-electron chi connectivity index (χ1n) is 27.0. The molecule has 2 heteroatoms. The molecule has 368 valence electrons. The standard InChI is InChI=1S/C71H74N2/c1-66(2,3)44-18-17-19-62-54(36-44)55-37-45(67(4,5)6)22-31-63(55)72(62)48-25-29-52-50-27-20-42(34-58(50)70(13,14)60(52)40-48)43-21-28-51-53-30-26-49(41-61(53)71(15,16)59(51)35-43)73-64-32-23-46(68(7,8)9)38-56(64)57-39-47(69(10,11)12)24-33-65(57)73/h17-18,20-41H,19H2,1-16H3. The molecule has 3 aliphatic carbocycles. The Hall–Kier alpha value is -6.64. The molecular formula is C71H74N2. The maximum atomic E-state index is 2.57. The summed E-state index contributed by atoms with van der Waals surface area (Å²) in [6.07, 6.45) is 8.10. The summed E-state index contributed by atoms with van der Waals surface area (Å²) in [5.74, 6) is 0. The van der Waals surface area contributed by atoms with Gasteiger partial charge in [0.05, 0.1) is 16.6 Å². The molecule has 3 aliphatic rings. The van der Waals surface area contributed by atoms with Gasteiger partial charge in [0.15, 0.2) is 0 Å². The highest BCUT2D eigenvalue weighted by atomic mass is 15.0. The van der Waals surface area contributed by atoms with E-state index in [1.54, 1.807) is 0 Å². The number of hydrogen-bond acceptors (Lipinski definition) is 0.